The molecular weight excluding hydrogens is 248 g/mol. The molecular formula is C16H16N4. The van der Waals surface area contributed by atoms with Crippen molar-refractivity contribution in [2.45, 2.75) is 6.42 Å². The molecule has 0 spiro atoms. The van der Waals surface area contributed by atoms with Gasteiger partial charge in [-0.2, -0.15) is 0 Å². The maximum absolute atomic E-state index is 5.95. The first-order chi connectivity index (χ1) is 9.84. The Balaban J connectivity index is 1.77. The molecule has 4 nitrogen and oxygen atoms in total. The maximum Gasteiger partial charge on any atom is 0.0951 e. The lowest BCUT2D eigenvalue weighted by molar-refractivity contribution is 1.01. The lowest BCUT2D eigenvalue weighted by Crippen LogP contribution is -2.06. The number of fused-ring (bicyclic) bond motifs is 1. The second-order valence-electron chi connectivity index (χ2n) is 4.64. The summed E-state index contributed by atoms with van der Waals surface area (Å²) in [7, 11) is 0. The topological polar surface area (TPSA) is 63.8 Å². The van der Waals surface area contributed by atoms with Crippen molar-refractivity contribution < 1.29 is 0 Å². The van der Waals surface area contributed by atoms with Crippen molar-refractivity contribution in [1.82, 2.24) is 9.97 Å². The van der Waals surface area contributed by atoms with Crippen LogP contribution in [0.4, 0.5) is 11.4 Å². The Bertz CT molecular complexity index is 710. The Morgan fingerprint density at radius 3 is 2.80 bits per heavy atom. The lowest BCUT2D eigenvalue weighted by Gasteiger charge is -2.10. The number of anilines is 2. The van der Waals surface area contributed by atoms with Crippen LogP contribution in [0.15, 0.2) is 55.0 Å². The normalized spacial score (nSPS) is 10.6. The summed E-state index contributed by atoms with van der Waals surface area (Å²) in [6, 6.07) is 11.9. The van der Waals surface area contributed by atoms with E-state index in [1.54, 1.807) is 12.4 Å². The fourth-order valence-electron chi connectivity index (χ4n) is 2.24. The van der Waals surface area contributed by atoms with Gasteiger partial charge in [-0.1, -0.05) is 6.07 Å². The summed E-state index contributed by atoms with van der Waals surface area (Å²) >= 11 is 0. The SMILES string of the molecule is Nc1ccc(NCCc2cccnc2)c2cccnc12. The Hall–Kier alpha value is -2.62. The standard InChI is InChI=1S/C16H16N4/c17-14-5-6-15(13-4-2-9-20-16(13)14)19-10-7-12-3-1-8-18-11-12/h1-6,8-9,11,19H,7,10,17H2. The van der Waals surface area contributed by atoms with Crippen LogP contribution in [-0.2, 0) is 6.42 Å². The highest BCUT2D eigenvalue weighted by Crippen LogP contribution is 2.26. The van der Waals surface area contributed by atoms with E-state index >= 15 is 0 Å². The zero-order valence-corrected chi connectivity index (χ0v) is 11.1. The molecule has 0 amide bonds. The van der Waals surface area contributed by atoms with E-state index in [2.05, 4.69) is 21.4 Å². The molecule has 2 heterocycles. The van der Waals surface area contributed by atoms with Crippen molar-refractivity contribution in [3.63, 3.8) is 0 Å². The molecule has 100 valence electrons. The van der Waals surface area contributed by atoms with Crippen LogP contribution in [0.2, 0.25) is 0 Å². The van der Waals surface area contributed by atoms with Crippen LogP contribution in [0.3, 0.4) is 0 Å². The van der Waals surface area contributed by atoms with E-state index in [4.69, 9.17) is 5.73 Å². The van der Waals surface area contributed by atoms with Gasteiger partial charge in [0.1, 0.15) is 0 Å². The highest BCUT2D eigenvalue weighted by atomic mass is 14.9. The van der Waals surface area contributed by atoms with E-state index in [0.29, 0.717) is 5.69 Å². The number of pyridine rings is 2. The number of hydrogen-bond donors (Lipinski definition) is 2. The molecule has 0 unspecified atom stereocenters. The average molecular weight is 264 g/mol. The second kappa shape index (κ2) is 5.57. The van der Waals surface area contributed by atoms with Gasteiger partial charge in [0.05, 0.1) is 11.2 Å². The van der Waals surface area contributed by atoms with Crippen LogP contribution >= 0.6 is 0 Å². The molecule has 0 saturated carbocycles. The Kier molecular flexibility index (Phi) is 3.46. The number of hydrogen-bond acceptors (Lipinski definition) is 4. The smallest absolute Gasteiger partial charge is 0.0951 e. The number of nitrogens with zero attached hydrogens (tertiary/aromatic N) is 2. The molecule has 2 aromatic heterocycles. The van der Waals surface area contributed by atoms with Gasteiger partial charge in [0.2, 0.25) is 0 Å². The minimum absolute atomic E-state index is 0.707. The van der Waals surface area contributed by atoms with Crippen molar-refractivity contribution in [2.24, 2.45) is 0 Å². The molecule has 4 heteroatoms. The number of nitrogen functional groups attached to an aromatic ring is 1. The quantitative estimate of drug-likeness (QED) is 0.711. The maximum atomic E-state index is 5.95. The minimum atomic E-state index is 0.707. The van der Waals surface area contributed by atoms with Crippen molar-refractivity contribution >= 4 is 22.3 Å². The Morgan fingerprint density at radius 1 is 1.05 bits per heavy atom. The second-order valence-corrected chi connectivity index (χ2v) is 4.64. The molecule has 0 aliphatic carbocycles. The minimum Gasteiger partial charge on any atom is -0.397 e. The van der Waals surface area contributed by atoms with Crippen molar-refractivity contribution in [3.8, 4) is 0 Å². The molecule has 0 radical (unpaired) electrons. The molecule has 0 atom stereocenters. The van der Waals surface area contributed by atoms with E-state index in [1.165, 1.54) is 5.56 Å². The van der Waals surface area contributed by atoms with Crippen molar-refractivity contribution in [3.05, 3.63) is 60.6 Å². The van der Waals surface area contributed by atoms with Crippen LogP contribution < -0.4 is 11.1 Å². The third-order valence-electron chi connectivity index (χ3n) is 3.25. The van der Waals surface area contributed by atoms with Gasteiger partial charge < -0.3 is 11.1 Å². The summed E-state index contributed by atoms with van der Waals surface area (Å²) in [4.78, 5) is 8.45. The first-order valence-electron chi connectivity index (χ1n) is 6.60. The van der Waals surface area contributed by atoms with Gasteiger partial charge in [0.15, 0.2) is 0 Å². The largest absolute Gasteiger partial charge is 0.397 e. The van der Waals surface area contributed by atoms with Crippen LogP contribution in [0.1, 0.15) is 5.56 Å². The molecule has 0 aliphatic heterocycles. The monoisotopic (exact) mass is 264 g/mol. The molecule has 0 bridgehead atoms. The van der Waals surface area contributed by atoms with Gasteiger partial charge >= 0.3 is 0 Å². The lowest BCUT2D eigenvalue weighted by atomic mass is 10.1. The van der Waals surface area contributed by atoms with E-state index in [0.717, 1.165) is 29.6 Å². The summed E-state index contributed by atoms with van der Waals surface area (Å²) in [5.74, 6) is 0. The van der Waals surface area contributed by atoms with Gasteiger partial charge in [-0.15, -0.1) is 0 Å². The molecule has 0 fully saturated rings. The van der Waals surface area contributed by atoms with Crippen LogP contribution in [0, 0.1) is 0 Å². The number of benzene rings is 1. The summed E-state index contributed by atoms with van der Waals surface area (Å²) < 4.78 is 0. The van der Waals surface area contributed by atoms with E-state index in [9.17, 15) is 0 Å². The number of nitrogens with one attached hydrogen (secondary N) is 1. The molecule has 3 aromatic rings. The number of aromatic nitrogens is 2. The highest BCUT2D eigenvalue weighted by Gasteiger charge is 2.04. The van der Waals surface area contributed by atoms with Crippen molar-refractivity contribution in [2.75, 3.05) is 17.6 Å². The third-order valence-corrected chi connectivity index (χ3v) is 3.25. The summed E-state index contributed by atoms with van der Waals surface area (Å²) in [5.41, 5.74) is 9.78. The zero-order chi connectivity index (χ0) is 13.8. The third kappa shape index (κ3) is 2.54. The number of nitrogens with two attached hydrogens (primary N) is 1. The predicted octanol–water partition coefficient (Wildman–Crippen LogP) is 2.87. The number of rotatable bonds is 4. The van der Waals surface area contributed by atoms with Crippen LogP contribution in [-0.4, -0.2) is 16.5 Å². The van der Waals surface area contributed by atoms with Crippen molar-refractivity contribution in [1.29, 1.82) is 0 Å². The van der Waals surface area contributed by atoms with E-state index < -0.39 is 0 Å². The first-order valence-corrected chi connectivity index (χ1v) is 6.60. The first kappa shape index (κ1) is 12.4. The molecule has 3 N–H and O–H groups in total. The Morgan fingerprint density at radius 2 is 1.95 bits per heavy atom. The molecule has 3 rings (SSSR count). The van der Waals surface area contributed by atoms with Crippen LogP contribution in [0.25, 0.3) is 10.9 Å². The molecule has 0 aliphatic rings. The molecule has 20 heavy (non-hydrogen) atoms. The van der Waals surface area contributed by atoms with Gasteiger partial charge in [-0.05, 0) is 42.3 Å². The fraction of sp³-hybridized carbons (Fsp3) is 0.125. The predicted molar refractivity (Wildman–Crippen MR) is 82.6 cm³/mol. The van der Waals surface area contributed by atoms with Gasteiger partial charge in [0, 0.05) is 36.2 Å². The summed E-state index contributed by atoms with van der Waals surface area (Å²) in [6.07, 6.45) is 6.37. The molecule has 0 saturated heterocycles. The van der Waals surface area contributed by atoms with E-state index in [1.807, 2.05) is 36.5 Å². The van der Waals surface area contributed by atoms with Gasteiger partial charge in [-0.25, -0.2) is 0 Å². The van der Waals surface area contributed by atoms with Crippen LogP contribution in [0.5, 0.6) is 0 Å². The average Bonchev–Trinajstić information content (AvgIpc) is 2.51. The summed E-state index contributed by atoms with van der Waals surface area (Å²) in [6.45, 7) is 0.847. The zero-order valence-electron chi connectivity index (χ0n) is 11.1. The fourth-order valence-corrected chi connectivity index (χ4v) is 2.24. The summed E-state index contributed by atoms with van der Waals surface area (Å²) in [5, 5.41) is 4.49. The Labute approximate surface area is 117 Å². The highest BCUT2D eigenvalue weighted by molar-refractivity contribution is 5.98. The van der Waals surface area contributed by atoms with Gasteiger partial charge in [-0.3, -0.25) is 9.97 Å². The molecule has 1 aromatic carbocycles. The van der Waals surface area contributed by atoms with E-state index in [-0.39, 0.29) is 0 Å². The van der Waals surface area contributed by atoms with Gasteiger partial charge in [0.25, 0.3) is 0 Å².